The Morgan fingerprint density at radius 3 is 2.71 bits per heavy atom. The summed E-state index contributed by atoms with van der Waals surface area (Å²) in [6.07, 6.45) is 2.63. The van der Waals surface area contributed by atoms with Crippen LogP contribution >= 0.6 is 0 Å². The predicted molar refractivity (Wildman–Crippen MR) is 69.1 cm³/mol. The second-order valence-electron chi connectivity index (χ2n) is 4.89. The van der Waals surface area contributed by atoms with Crippen LogP contribution in [0.2, 0.25) is 0 Å². The van der Waals surface area contributed by atoms with Crippen LogP contribution in [0.3, 0.4) is 0 Å². The fourth-order valence-electron chi connectivity index (χ4n) is 2.77. The molecule has 0 radical (unpaired) electrons. The molecule has 90 valence electrons. The van der Waals surface area contributed by atoms with E-state index in [2.05, 4.69) is 21.6 Å². The third-order valence-corrected chi connectivity index (χ3v) is 3.72. The molecule has 1 fully saturated rings. The second kappa shape index (κ2) is 4.08. The summed E-state index contributed by atoms with van der Waals surface area (Å²) in [5.41, 5.74) is 2.23. The van der Waals surface area contributed by atoms with E-state index >= 15 is 0 Å². The molecule has 2 heterocycles. The molecule has 1 aliphatic heterocycles. The van der Waals surface area contributed by atoms with Crippen molar-refractivity contribution in [2.45, 2.75) is 19.4 Å². The molecule has 1 saturated heterocycles. The number of hydrogen-bond acceptors (Lipinski definition) is 2. The molecule has 0 saturated carbocycles. The largest absolute Gasteiger partial charge is 0.506 e. The average Bonchev–Trinajstić information content (AvgIpc) is 2.90. The van der Waals surface area contributed by atoms with Crippen LogP contribution < -0.4 is 0 Å². The topological polar surface area (TPSA) is 28.4 Å². The van der Waals surface area contributed by atoms with Crippen LogP contribution in [0.15, 0.2) is 24.3 Å². The molecule has 0 aliphatic carbocycles. The van der Waals surface area contributed by atoms with Crippen molar-refractivity contribution in [3.63, 3.8) is 0 Å². The summed E-state index contributed by atoms with van der Waals surface area (Å²) in [5.74, 6) is 0.373. The zero-order valence-corrected chi connectivity index (χ0v) is 10.2. The van der Waals surface area contributed by atoms with Gasteiger partial charge < -0.3 is 9.67 Å². The molecule has 0 bridgehead atoms. The van der Waals surface area contributed by atoms with Crippen LogP contribution in [0.1, 0.15) is 18.5 Å². The molecule has 3 rings (SSSR count). The van der Waals surface area contributed by atoms with Crippen molar-refractivity contribution in [3.8, 4) is 5.75 Å². The van der Waals surface area contributed by atoms with Crippen LogP contribution in [0.25, 0.3) is 10.9 Å². The first-order valence-corrected chi connectivity index (χ1v) is 6.24. The van der Waals surface area contributed by atoms with Crippen molar-refractivity contribution >= 4 is 10.9 Å². The van der Waals surface area contributed by atoms with E-state index in [-0.39, 0.29) is 0 Å². The highest BCUT2D eigenvalue weighted by atomic mass is 16.3. The van der Waals surface area contributed by atoms with Gasteiger partial charge in [-0.15, -0.1) is 0 Å². The van der Waals surface area contributed by atoms with Gasteiger partial charge in [0.25, 0.3) is 0 Å². The number of hydrogen-bond donors (Lipinski definition) is 1. The van der Waals surface area contributed by atoms with E-state index < -0.39 is 0 Å². The Balaban J connectivity index is 1.99. The molecular weight excluding hydrogens is 212 g/mol. The Kier molecular flexibility index (Phi) is 2.56. The first-order valence-electron chi connectivity index (χ1n) is 6.24. The summed E-state index contributed by atoms with van der Waals surface area (Å²) in [4.78, 5) is 2.48. The van der Waals surface area contributed by atoms with Crippen LogP contribution in [0.5, 0.6) is 5.75 Å². The number of benzene rings is 1. The summed E-state index contributed by atoms with van der Waals surface area (Å²) in [6.45, 7) is 3.39. The first-order chi connectivity index (χ1) is 8.25. The average molecular weight is 230 g/mol. The third-order valence-electron chi connectivity index (χ3n) is 3.72. The van der Waals surface area contributed by atoms with Crippen molar-refractivity contribution < 1.29 is 5.11 Å². The number of para-hydroxylation sites is 1. The highest BCUT2D eigenvalue weighted by molar-refractivity contribution is 5.86. The minimum atomic E-state index is 0.373. The zero-order valence-electron chi connectivity index (χ0n) is 10.2. The molecular formula is C14H18N2O. The summed E-state index contributed by atoms with van der Waals surface area (Å²) in [7, 11) is 2.04. The van der Waals surface area contributed by atoms with E-state index in [9.17, 15) is 5.11 Å². The monoisotopic (exact) mass is 230 g/mol. The molecule has 0 unspecified atom stereocenters. The van der Waals surface area contributed by atoms with Gasteiger partial charge in [0.05, 0.1) is 5.52 Å². The maximum atomic E-state index is 9.89. The Hall–Kier alpha value is -1.48. The van der Waals surface area contributed by atoms with Crippen molar-refractivity contribution in [2.75, 3.05) is 13.1 Å². The third kappa shape index (κ3) is 1.80. The van der Waals surface area contributed by atoms with Crippen LogP contribution in [-0.2, 0) is 13.6 Å². The molecule has 3 nitrogen and oxygen atoms in total. The highest BCUT2D eigenvalue weighted by Crippen LogP contribution is 2.28. The number of aromatic nitrogens is 1. The predicted octanol–water partition coefficient (Wildman–Crippen LogP) is 2.48. The highest BCUT2D eigenvalue weighted by Gasteiger charge is 2.15. The molecule has 0 atom stereocenters. The molecule has 2 aromatic rings. The summed E-state index contributed by atoms with van der Waals surface area (Å²) in [5, 5.41) is 11.0. The van der Waals surface area contributed by atoms with Gasteiger partial charge in [-0.25, -0.2) is 0 Å². The van der Waals surface area contributed by atoms with Gasteiger partial charge in [0.15, 0.2) is 0 Å². The minimum absolute atomic E-state index is 0.373. The van der Waals surface area contributed by atoms with Gasteiger partial charge in [-0.1, -0.05) is 12.1 Å². The van der Waals surface area contributed by atoms with Crippen LogP contribution in [0.4, 0.5) is 0 Å². The van der Waals surface area contributed by atoms with Crippen molar-refractivity contribution in [1.29, 1.82) is 0 Å². The van der Waals surface area contributed by atoms with Gasteiger partial charge in [-0.2, -0.15) is 0 Å². The normalized spacial score (nSPS) is 17.0. The van der Waals surface area contributed by atoms with E-state index in [1.54, 1.807) is 6.07 Å². The lowest BCUT2D eigenvalue weighted by atomic mass is 10.2. The Bertz CT molecular complexity index is 538. The Morgan fingerprint density at radius 1 is 1.24 bits per heavy atom. The molecule has 1 aliphatic rings. The number of aryl methyl sites for hydroxylation is 1. The fraction of sp³-hybridized carbons (Fsp3) is 0.429. The standard InChI is InChI=1S/C14H18N2O/c1-15-12(10-16-7-2-3-8-16)9-11-5-4-6-13(17)14(11)15/h4-6,9,17H,2-3,7-8,10H2,1H3. The maximum Gasteiger partial charge on any atom is 0.139 e. The zero-order chi connectivity index (χ0) is 11.8. The van der Waals surface area contributed by atoms with E-state index in [0.29, 0.717) is 5.75 Å². The van der Waals surface area contributed by atoms with Gasteiger partial charge in [0.1, 0.15) is 5.75 Å². The maximum absolute atomic E-state index is 9.89. The number of aromatic hydroxyl groups is 1. The van der Waals surface area contributed by atoms with Gasteiger partial charge in [0.2, 0.25) is 0 Å². The molecule has 17 heavy (non-hydrogen) atoms. The number of fused-ring (bicyclic) bond motifs is 1. The molecule has 0 amide bonds. The molecule has 3 heteroatoms. The quantitative estimate of drug-likeness (QED) is 0.858. The lowest BCUT2D eigenvalue weighted by molar-refractivity contribution is 0.324. The molecule has 0 spiro atoms. The van der Waals surface area contributed by atoms with E-state index in [1.165, 1.54) is 31.6 Å². The van der Waals surface area contributed by atoms with Gasteiger partial charge >= 0.3 is 0 Å². The summed E-state index contributed by atoms with van der Waals surface area (Å²) in [6, 6.07) is 7.90. The summed E-state index contributed by atoms with van der Waals surface area (Å²) < 4.78 is 2.11. The van der Waals surface area contributed by atoms with E-state index in [1.807, 2.05) is 13.1 Å². The van der Waals surface area contributed by atoms with E-state index in [0.717, 1.165) is 17.4 Å². The fourth-order valence-corrected chi connectivity index (χ4v) is 2.77. The number of rotatable bonds is 2. The number of phenolic OH excluding ortho intramolecular Hbond substituents is 1. The lowest BCUT2D eigenvalue weighted by Gasteiger charge is -2.15. The van der Waals surface area contributed by atoms with Crippen molar-refractivity contribution in [1.82, 2.24) is 9.47 Å². The minimum Gasteiger partial charge on any atom is -0.506 e. The second-order valence-corrected chi connectivity index (χ2v) is 4.89. The van der Waals surface area contributed by atoms with Gasteiger partial charge in [0, 0.05) is 24.7 Å². The SMILES string of the molecule is Cn1c(CN2CCCC2)cc2cccc(O)c21. The number of phenols is 1. The summed E-state index contributed by atoms with van der Waals surface area (Å²) >= 11 is 0. The van der Waals surface area contributed by atoms with Gasteiger partial charge in [-0.3, -0.25) is 4.90 Å². The number of nitrogens with zero attached hydrogens (tertiary/aromatic N) is 2. The van der Waals surface area contributed by atoms with E-state index in [4.69, 9.17) is 0 Å². The Labute approximate surface area is 101 Å². The molecule has 1 aromatic heterocycles. The lowest BCUT2D eigenvalue weighted by Crippen LogP contribution is -2.19. The Morgan fingerprint density at radius 2 is 2.00 bits per heavy atom. The van der Waals surface area contributed by atoms with Gasteiger partial charge in [-0.05, 0) is 38.1 Å². The van der Waals surface area contributed by atoms with Crippen LogP contribution in [0, 0.1) is 0 Å². The van der Waals surface area contributed by atoms with Crippen molar-refractivity contribution in [3.05, 3.63) is 30.0 Å². The molecule has 1 aromatic carbocycles. The first kappa shape index (κ1) is 10.7. The molecule has 1 N–H and O–H groups in total. The van der Waals surface area contributed by atoms with Crippen molar-refractivity contribution in [2.24, 2.45) is 7.05 Å². The van der Waals surface area contributed by atoms with Crippen LogP contribution in [-0.4, -0.2) is 27.7 Å². The number of likely N-dealkylation sites (tertiary alicyclic amines) is 1. The smallest absolute Gasteiger partial charge is 0.139 e.